The Labute approximate surface area is 170 Å². The van der Waals surface area contributed by atoms with Crippen molar-refractivity contribution in [2.24, 2.45) is 16.5 Å². The lowest BCUT2D eigenvalue weighted by molar-refractivity contribution is -0.137. The Balaban J connectivity index is 1.99. The van der Waals surface area contributed by atoms with Crippen molar-refractivity contribution in [1.82, 2.24) is 16.2 Å². The molecule has 2 aromatic rings. The van der Waals surface area contributed by atoms with E-state index in [0.717, 1.165) is 0 Å². The Hall–Kier alpha value is -3.63. The molecule has 1 atom stereocenters. The molecule has 0 aliphatic carbocycles. The van der Waals surface area contributed by atoms with E-state index in [1.165, 1.54) is 12.1 Å². The molecule has 0 heterocycles. The number of guanidine groups is 1. The monoisotopic (exact) mass is 418 g/mol. The van der Waals surface area contributed by atoms with Crippen molar-refractivity contribution in [3.8, 4) is 0 Å². The molecule has 0 aromatic heterocycles. The summed E-state index contributed by atoms with van der Waals surface area (Å²) >= 11 is 5.83. The molecule has 0 fully saturated rings. The topological polar surface area (TPSA) is 172 Å². The highest BCUT2D eigenvalue weighted by Gasteiger charge is 2.17. The molecule has 10 nitrogen and oxygen atoms in total. The zero-order chi connectivity index (χ0) is 21.4. The van der Waals surface area contributed by atoms with Crippen LogP contribution in [0.5, 0.6) is 0 Å². The smallest absolute Gasteiger partial charge is 0.336 e. The highest BCUT2D eigenvalue weighted by molar-refractivity contribution is 6.30. The Morgan fingerprint density at radius 2 is 1.79 bits per heavy atom. The fourth-order valence-electron chi connectivity index (χ4n) is 2.35. The van der Waals surface area contributed by atoms with Gasteiger partial charge in [-0.05, 0) is 35.9 Å². The summed E-state index contributed by atoms with van der Waals surface area (Å²) in [7, 11) is 0. The standard InChI is InChI=1S/C18H19ClN6O4/c19-12-6-4-10(5-7-12)14(9-15(26)27)24-25-18(29)23-16(28)11-2-1-3-13(8-11)22-17(20)21/h1-8,14,24H,9H2,(H,26,27)(H4,20,21,22)(H2,23,25,28,29). The van der Waals surface area contributed by atoms with Crippen LogP contribution in [-0.4, -0.2) is 29.0 Å². The van der Waals surface area contributed by atoms with Gasteiger partial charge in [0.2, 0.25) is 0 Å². The molecule has 0 saturated carbocycles. The van der Waals surface area contributed by atoms with E-state index >= 15 is 0 Å². The molecule has 29 heavy (non-hydrogen) atoms. The van der Waals surface area contributed by atoms with Crippen LogP contribution >= 0.6 is 11.6 Å². The Bertz CT molecular complexity index is 928. The molecule has 2 rings (SSSR count). The molecular weight excluding hydrogens is 400 g/mol. The molecule has 2 aromatic carbocycles. The number of carbonyl (C=O) groups excluding carboxylic acids is 2. The van der Waals surface area contributed by atoms with Gasteiger partial charge in [0.1, 0.15) is 0 Å². The number of hydrazine groups is 1. The molecule has 0 radical (unpaired) electrons. The number of hydrogen-bond acceptors (Lipinski definition) is 5. The van der Waals surface area contributed by atoms with Gasteiger partial charge in [0.25, 0.3) is 5.91 Å². The van der Waals surface area contributed by atoms with E-state index in [1.807, 2.05) is 0 Å². The summed E-state index contributed by atoms with van der Waals surface area (Å²) < 4.78 is 0. The first-order valence-electron chi connectivity index (χ1n) is 8.28. The number of carbonyl (C=O) groups is 3. The lowest BCUT2D eigenvalue weighted by Crippen LogP contribution is -2.48. The number of carboxylic acid groups (broad SMARTS) is 1. The quantitative estimate of drug-likeness (QED) is 0.224. The van der Waals surface area contributed by atoms with E-state index in [9.17, 15) is 14.4 Å². The molecular formula is C18H19ClN6O4. The third-order valence-electron chi connectivity index (χ3n) is 3.60. The van der Waals surface area contributed by atoms with Crippen LogP contribution in [0.25, 0.3) is 0 Å². The Kier molecular flexibility index (Phi) is 7.52. The van der Waals surface area contributed by atoms with E-state index in [0.29, 0.717) is 16.3 Å². The number of halogens is 1. The Morgan fingerprint density at radius 3 is 2.41 bits per heavy atom. The van der Waals surface area contributed by atoms with Gasteiger partial charge in [0.05, 0.1) is 18.2 Å². The largest absolute Gasteiger partial charge is 0.481 e. The number of rotatable bonds is 7. The number of imide groups is 1. The van der Waals surface area contributed by atoms with Crippen LogP contribution in [0.15, 0.2) is 53.5 Å². The van der Waals surface area contributed by atoms with Crippen LogP contribution in [0.1, 0.15) is 28.4 Å². The van der Waals surface area contributed by atoms with Crippen molar-refractivity contribution >= 4 is 41.2 Å². The average Bonchev–Trinajstić information content (AvgIpc) is 2.65. The minimum Gasteiger partial charge on any atom is -0.481 e. The maximum atomic E-state index is 12.2. The van der Waals surface area contributed by atoms with Crippen molar-refractivity contribution in [2.45, 2.75) is 12.5 Å². The van der Waals surface area contributed by atoms with E-state index < -0.39 is 23.9 Å². The second-order valence-electron chi connectivity index (χ2n) is 5.84. The van der Waals surface area contributed by atoms with Crippen molar-refractivity contribution in [3.63, 3.8) is 0 Å². The molecule has 0 saturated heterocycles. The van der Waals surface area contributed by atoms with E-state index in [4.69, 9.17) is 28.2 Å². The maximum absolute atomic E-state index is 12.2. The van der Waals surface area contributed by atoms with Crippen LogP contribution in [0.2, 0.25) is 5.02 Å². The lowest BCUT2D eigenvalue weighted by atomic mass is 10.0. The first-order chi connectivity index (χ1) is 13.7. The number of carboxylic acids is 1. The number of nitrogens with one attached hydrogen (secondary N) is 3. The Morgan fingerprint density at radius 1 is 1.10 bits per heavy atom. The van der Waals surface area contributed by atoms with Crippen molar-refractivity contribution < 1.29 is 19.5 Å². The van der Waals surface area contributed by atoms with Gasteiger partial charge >= 0.3 is 12.0 Å². The number of urea groups is 1. The molecule has 0 aliphatic heterocycles. The van der Waals surface area contributed by atoms with E-state index in [2.05, 4.69) is 21.2 Å². The van der Waals surface area contributed by atoms with Gasteiger partial charge < -0.3 is 16.6 Å². The highest BCUT2D eigenvalue weighted by Crippen LogP contribution is 2.19. The van der Waals surface area contributed by atoms with Gasteiger partial charge in [0, 0.05) is 10.6 Å². The maximum Gasteiger partial charge on any atom is 0.336 e. The second kappa shape index (κ2) is 10.1. The first kappa shape index (κ1) is 21.7. The van der Waals surface area contributed by atoms with Crippen molar-refractivity contribution in [3.05, 3.63) is 64.7 Å². The molecule has 0 bridgehead atoms. The second-order valence-corrected chi connectivity index (χ2v) is 6.28. The summed E-state index contributed by atoms with van der Waals surface area (Å²) in [5.41, 5.74) is 16.5. The number of nitrogens with zero attached hydrogens (tertiary/aromatic N) is 1. The first-order valence-corrected chi connectivity index (χ1v) is 8.66. The zero-order valence-electron chi connectivity index (χ0n) is 15.1. The van der Waals surface area contributed by atoms with Gasteiger partial charge in [-0.15, -0.1) is 0 Å². The predicted molar refractivity (Wildman–Crippen MR) is 107 cm³/mol. The van der Waals surface area contributed by atoms with Gasteiger partial charge in [-0.2, -0.15) is 0 Å². The number of aliphatic carboxylic acids is 1. The number of benzene rings is 2. The highest BCUT2D eigenvalue weighted by atomic mass is 35.5. The fourth-order valence-corrected chi connectivity index (χ4v) is 2.47. The summed E-state index contributed by atoms with van der Waals surface area (Å²) in [6.07, 6.45) is -0.309. The molecule has 0 spiro atoms. The zero-order valence-corrected chi connectivity index (χ0v) is 15.8. The SMILES string of the molecule is NC(N)=Nc1cccc(C(=O)NC(=O)NNC(CC(=O)O)c2ccc(Cl)cc2)c1. The summed E-state index contributed by atoms with van der Waals surface area (Å²) in [6, 6.07) is 10.9. The summed E-state index contributed by atoms with van der Waals surface area (Å²) in [4.78, 5) is 39.1. The minimum absolute atomic E-state index is 0.155. The third-order valence-corrected chi connectivity index (χ3v) is 3.86. The lowest BCUT2D eigenvalue weighted by Gasteiger charge is -2.18. The van der Waals surface area contributed by atoms with Gasteiger partial charge in [-0.1, -0.05) is 29.8 Å². The molecule has 11 heteroatoms. The summed E-state index contributed by atoms with van der Waals surface area (Å²) in [5, 5.41) is 11.7. The van der Waals surface area contributed by atoms with Gasteiger partial charge in [-0.25, -0.2) is 15.2 Å². The number of nitrogens with two attached hydrogens (primary N) is 2. The normalized spacial score (nSPS) is 11.2. The molecule has 152 valence electrons. The molecule has 3 amide bonds. The third kappa shape index (κ3) is 7.13. The van der Waals surface area contributed by atoms with Crippen LogP contribution in [0.3, 0.4) is 0 Å². The van der Waals surface area contributed by atoms with Gasteiger partial charge in [0.15, 0.2) is 5.96 Å². The number of hydrogen-bond donors (Lipinski definition) is 6. The van der Waals surface area contributed by atoms with Crippen LogP contribution in [-0.2, 0) is 4.79 Å². The van der Waals surface area contributed by atoms with Crippen LogP contribution in [0, 0.1) is 0 Å². The molecule has 8 N–H and O–H groups in total. The number of amides is 3. The fraction of sp³-hybridized carbons (Fsp3) is 0.111. The summed E-state index contributed by atoms with van der Waals surface area (Å²) in [6.45, 7) is 0. The molecule has 1 unspecified atom stereocenters. The van der Waals surface area contributed by atoms with E-state index in [-0.39, 0.29) is 17.9 Å². The predicted octanol–water partition coefficient (Wildman–Crippen LogP) is 1.40. The minimum atomic E-state index is -1.08. The number of aliphatic imine (C=N–C) groups is 1. The summed E-state index contributed by atoms with van der Waals surface area (Å²) in [5.74, 6) is -1.94. The molecule has 0 aliphatic rings. The van der Waals surface area contributed by atoms with Gasteiger partial charge in [-0.3, -0.25) is 20.3 Å². The van der Waals surface area contributed by atoms with Crippen LogP contribution in [0.4, 0.5) is 10.5 Å². The van der Waals surface area contributed by atoms with Crippen molar-refractivity contribution in [1.29, 1.82) is 0 Å². The van der Waals surface area contributed by atoms with Crippen LogP contribution < -0.4 is 27.6 Å². The van der Waals surface area contributed by atoms with Crippen molar-refractivity contribution in [2.75, 3.05) is 0 Å². The van der Waals surface area contributed by atoms with E-state index in [1.54, 1.807) is 36.4 Å². The average molecular weight is 419 g/mol.